The lowest BCUT2D eigenvalue weighted by Crippen LogP contribution is -2.29. The summed E-state index contributed by atoms with van der Waals surface area (Å²) in [7, 11) is 0. The van der Waals surface area contributed by atoms with Gasteiger partial charge in [0.1, 0.15) is 11.4 Å². The zero-order chi connectivity index (χ0) is 22.4. The Hall–Kier alpha value is -3.73. The molecular formula is C27H22FNO3. The molecule has 0 fully saturated rings. The quantitative estimate of drug-likeness (QED) is 0.429. The van der Waals surface area contributed by atoms with E-state index in [1.807, 2.05) is 37.3 Å². The largest absolute Gasteiger partial charge is 0.450 e. The Balaban J connectivity index is 1.70. The number of nitrogens with zero attached hydrogens (tertiary/aromatic N) is 1. The van der Waals surface area contributed by atoms with Gasteiger partial charge < -0.3 is 9.32 Å². The fourth-order valence-electron chi connectivity index (χ4n) is 4.37. The number of carbonyl (C=O) groups excluding carboxylic acids is 1. The van der Waals surface area contributed by atoms with Crippen molar-refractivity contribution in [3.8, 4) is 0 Å². The lowest BCUT2D eigenvalue weighted by atomic mass is 9.96. The van der Waals surface area contributed by atoms with Gasteiger partial charge in [0.25, 0.3) is 5.91 Å². The van der Waals surface area contributed by atoms with Crippen molar-refractivity contribution < 1.29 is 13.6 Å². The van der Waals surface area contributed by atoms with Crippen LogP contribution in [0.1, 0.15) is 51.3 Å². The van der Waals surface area contributed by atoms with Crippen molar-refractivity contribution in [2.75, 3.05) is 0 Å². The molecule has 5 rings (SSSR count). The maximum Gasteiger partial charge on any atom is 0.291 e. The SMILES string of the molecule is CCc1ccc(C2c3c(oc4ccc(C)cc4c3=O)C(=O)N2Cc2ccc(F)cc2)cc1. The Labute approximate surface area is 184 Å². The van der Waals surface area contributed by atoms with Crippen LogP contribution in [-0.2, 0) is 13.0 Å². The molecule has 0 radical (unpaired) electrons. The molecule has 32 heavy (non-hydrogen) atoms. The second-order valence-corrected chi connectivity index (χ2v) is 8.23. The molecule has 1 atom stereocenters. The normalized spacial score (nSPS) is 15.4. The maximum atomic E-state index is 13.6. The van der Waals surface area contributed by atoms with E-state index < -0.39 is 6.04 Å². The first-order valence-electron chi connectivity index (χ1n) is 10.7. The molecule has 0 saturated heterocycles. The van der Waals surface area contributed by atoms with Crippen molar-refractivity contribution >= 4 is 16.9 Å². The van der Waals surface area contributed by atoms with Crippen molar-refractivity contribution in [1.29, 1.82) is 0 Å². The lowest BCUT2D eigenvalue weighted by molar-refractivity contribution is 0.0714. The highest BCUT2D eigenvalue weighted by Crippen LogP contribution is 2.39. The number of amides is 1. The summed E-state index contributed by atoms with van der Waals surface area (Å²) in [6, 6.07) is 18.8. The van der Waals surface area contributed by atoms with E-state index in [1.165, 1.54) is 17.7 Å². The molecule has 1 amide bonds. The second-order valence-electron chi connectivity index (χ2n) is 8.23. The van der Waals surface area contributed by atoms with Gasteiger partial charge in [0.15, 0.2) is 5.43 Å². The summed E-state index contributed by atoms with van der Waals surface area (Å²) in [6.45, 7) is 4.23. The molecule has 0 aliphatic carbocycles. The van der Waals surface area contributed by atoms with Gasteiger partial charge in [-0.15, -0.1) is 0 Å². The van der Waals surface area contributed by atoms with E-state index >= 15 is 0 Å². The highest BCUT2D eigenvalue weighted by atomic mass is 19.1. The van der Waals surface area contributed by atoms with Crippen LogP contribution in [0.3, 0.4) is 0 Å². The predicted octanol–water partition coefficient (Wildman–Crippen LogP) is 5.55. The molecule has 4 nitrogen and oxygen atoms in total. The smallest absolute Gasteiger partial charge is 0.291 e. The summed E-state index contributed by atoms with van der Waals surface area (Å²) in [5.74, 6) is -0.596. The van der Waals surface area contributed by atoms with Crippen molar-refractivity contribution in [1.82, 2.24) is 4.90 Å². The first-order chi connectivity index (χ1) is 15.5. The monoisotopic (exact) mass is 427 g/mol. The number of hydrogen-bond donors (Lipinski definition) is 0. The predicted molar refractivity (Wildman–Crippen MR) is 121 cm³/mol. The number of hydrogen-bond acceptors (Lipinski definition) is 3. The van der Waals surface area contributed by atoms with Gasteiger partial charge in [-0.25, -0.2) is 4.39 Å². The lowest BCUT2D eigenvalue weighted by Gasteiger charge is -2.25. The van der Waals surface area contributed by atoms with E-state index in [-0.39, 0.29) is 29.5 Å². The molecule has 1 unspecified atom stereocenters. The van der Waals surface area contributed by atoms with Crippen LogP contribution in [0.5, 0.6) is 0 Å². The highest BCUT2D eigenvalue weighted by Gasteiger charge is 2.42. The fraction of sp³-hybridized carbons (Fsp3) is 0.185. The van der Waals surface area contributed by atoms with Crippen molar-refractivity contribution in [2.24, 2.45) is 0 Å². The molecule has 1 aromatic heterocycles. The first-order valence-corrected chi connectivity index (χ1v) is 10.7. The van der Waals surface area contributed by atoms with E-state index in [0.717, 1.165) is 23.1 Å². The molecule has 1 aliphatic rings. The summed E-state index contributed by atoms with van der Waals surface area (Å²) >= 11 is 0. The number of benzene rings is 3. The minimum atomic E-state index is -0.574. The second kappa shape index (κ2) is 7.75. The van der Waals surface area contributed by atoms with Gasteiger partial charge in [-0.1, -0.05) is 55.0 Å². The maximum absolute atomic E-state index is 13.6. The summed E-state index contributed by atoms with van der Waals surface area (Å²) in [4.78, 5) is 28.7. The van der Waals surface area contributed by atoms with E-state index in [2.05, 4.69) is 6.92 Å². The Kier molecular flexibility index (Phi) is 4.89. The van der Waals surface area contributed by atoms with Crippen LogP contribution >= 0.6 is 0 Å². The van der Waals surface area contributed by atoms with Gasteiger partial charge in [0.05, 0.1) is 17.0 Å². The molecule has 160 valence electrons. The summed E-state index contributed by atoms with van der Waals surface area (Å²) < 4.78 is 19.4. The third kappa shape index (κ3) is 3.30. The van der Waals surface area contributed by atoms with Gasteiger partial charge in [-0.3, -0.25) is 9.59 Å². The van der Waals surface area contributed by atoms with Gasteiger partial charge >= 0.3 is 0 Å². The molecule has 2 heterocycles. The molecule has 3 aromatic carbocycles. The molecule has 5 heteroatoms. The van der Waals surface area contributed by atoms with E-state index in [4.69, 9.17) is 4.42 Å². The van der Waals surface area contributed by atoms with Crippen LogP contribution in [0, 0.1) is 12.7 Å². The minimum absolute atomic E-state index is 0.0815. The Morgan fingerprint density at radius 1 is 0.938 bits per heavy atom. The van der Waals surface area contributed by atoms with Crippen LogP contribution in [-0.4, -0.2) is 10.8 Å². The highest BCUT2D eigenvalue weighted by molar-refractivity contribution is 5.99. The average Bonchev–Trinajstić information content (AvgIpc) is 3.08. The summed E-state index contributed by atoms with van der Waals surface area (Å²) in [5, 5.41) is 0.468. The third-order valence-corrected chi connectivity index (χ3v) is 6.09. The molecule has 4 aromatic rings. The van der Waals surface area contributed by atoms with Crippen molar-refractivity contribution in [3.05, 3.63) is 116 Å². The van der Waals surface area contributed by atoms with Crippen molar-refractivity contribution in [3.63, 3.8) is 0 Å². The number of halogens is 1. The molecule has 0 saturated carbocycles. The minimum Gasteiger partial charge on any atom is -0.450 e. The average molecular weight is 427 g/mol. The molecule has 0 spiro atoms. The number of fused-ring (bicyclic) bond motifs is 2. The van der Waals surface area contributed by atoms with Crippen LogP contribution in [0.2, 0.25) is 0 Å². The Morgan fingerprint density at radius 2 is 1.62 bits per heavy atom. The molecule has 0 N–H and O–H groups in total. The van der Waals surface area contributed by atoms with Crippen molar-refractivity contribution in [2.45, 2.75) is 32.9 Å². The van der Waals surface area contributed by atoms with Crippen LogP contribution in [0.25, 0.3) is 11.0 Å². The summed E-state index contributed by atoms with van der Waals surface area (Å²) in [6.07, 6.45) is 0.895. The van der Waals surface area contributed by atoms with Crippen LogP contribution in [0.15, 0.2) is 75.9 Å². The number of rotatable bonds is 4. The third-order valence-electron chi connectivity index (χ3n) is 6.09. The van der Waals surface area contributed by atoms with E-state index in [1.54, 1.807) is 29.2 Å². The van der Waals surface area contributed by atoms with E-state index in [9.17, 15) is 14.0 Å². The van der Waals surface area contributed by atoms with Gasteiger partial charge in [-0.05, 0) is 54.3 Å². The fourth-order valence-corrected chi connectivity index (χ4v) is 4.37. The molecule has 1 aliphatic heterocycles. The van der Waals surface area contributed by atoms with Crippen LogP contribution in [0.4, 0.5) is 4.39 Å². The summed E-state index contributed by atoms with van der Waals surface area (Å²) in [5.41, 5.74) is 4.30. The van der Waals surface area contributed by atoms with Gasteiger partial charge in [-0.2, -0.15) is 0 Å². The first kappa shape index (κ1) is 20.2. The van der Waals surface area contributed by atoms with Crippen LogP contribution < -0.4 is 5.43 Å². The standard InChI is InChI=1S/C27H22FNO3/c1-3-17-5-9-19(10-6-17)24-23-25(30)21-14-16(2)4-13-22(21)32-26(23)27(31)29(24)15-18-7-11-20(28)12-8-18/h4-14,24H,3,15H2,1-2H3. The van der Waals surface area contributed by atoms with E-state index in [0.29, 0.717) is 16.5 Å². The Morgan fingerprint density at radius 3 is 2.31 bits per heavy atom. The topological polar surface area (TPSA) is 50.5 Å². The number of aryl methyl sites for hydroxylation is 2. The van der Waals surface area contributed by atoms with Gasteiger partial charge in [0, 0.05) is 6.54 Å². The van der Waals surface area contributed by atoms with Gasteiger partial charge in [0.2, 0.25) is 5.76 Å². The zero-order valence-electron chi connectivity index (χ0n) is 17.9. The number of carbonyl (C=O) groups is 1. The molecule has 0 bridgehead atoms. The Bertz CT molecular complexity index is 1390. The zero-order valence-corrected chi connectivity index (χ0v) is 17.9. The molecular weight excluding hydrogens is 405 g/mol.